The molecule has 0 bridgehead atoms. The largest absolute Gasteiger partial charge is 0.444 e. The molecule has 1 fully saturated rings. The lowest BCUT2D eigenvalue weighted by atomic mass is 9.93. The number of alkyl carbamates (subject to hydrolysis) is 1. The second-order valence-corrected chi connectivity index (χ2v) is 11.6. The highest BCUT2D eigenvalue weighted by atomic mass is 16.6. The van der Waals surface area contributed by atoms with E-state index in [1.165, 1.54) is 4.90 Å². The van der Waals surface area contributed by atoms with Crippen molar-refractivity contribution in [2.24, 2.45) is 5.73 Å². The van der Waals surface area contributed by atoms with E-state index in [1.807, 2.05) is 31.2 Å². The molecule has 2 atom stereocenters. The molecule has 0 radical (unpaired) electrons. The first-order chi connectivity index (χ1) is 18.4. The lowest BCUT2D eigenvalue weighted by molar-refractivity contribution is -0.143. The first-order valence-corrected chi connectivity index (χ1v) is 14.4. The van der Waals surface area contributed by atoms with Gasteiger partial charge in [-0.05, 0) is 58.1 Å². The molecule has 1 aliphatic rings. The molecule has 2 unspecified atom stereocenters. The SMILES string of the molecule is CCCCCCN(C(=O)C(CC(N)=O)NC(=O)OC(C)(C)C)C(C(=O)NC1CCCCC1)c1ccccc1C. The smallest absolute Gasteiger partial charge is 0.408 e. The number of hydrogen-bond donors (Lipinski definition) is 3. The quantitative estimate of drug-likeness (QED) is 0.311. The average molecular weight is 545 g/mol. The van der Waals surface area contributed by atoms with Gasteiger partial charge in [0.25, 0.3) is 0 Å². The van der Waals surface area contributed by atoms with Gasteiger partial charge in [-0.3, -0.25) is 14.4 Å². The van der Waals surface area contributed by atoms with Crippen LogP contribution in [0.2, 0.25) is 0 Å². The molecule has 218 valence electrons. The predicted octanol–water partition coefficient (Wildman–Crippen LogP) is 4.66. The van der Waals surface area contributed by atoms with E-state index in [4.69, 9.17) is 10.5 Å². The van der Waals surface area contributed by atoms with Crippen LogP contribution < -0.4 is 16.4 Å². The molecule has 9 heteroatoms. The van der Waals surface area contributed by atoms with E-state index < -0.39 is 42.0 Å². The first-order valence-electron chi connectivity index (χ1n) is 14.4. The van der Waals surface area contributed by atoms with Crippen molar-refractivity contribution in [2.75, 3.05) is 6.54 Å². The Morgan fingerprint density at radius 3 is 2.31 bits per heavy atom. The molecule has 9 nitrogen and oxygen atoms in total. The van der Waals surface area contributed by atoms with Crippen LogP contribution in [0.1, 0.15) is 109 Å². The molecular weight excluding hydrogens is 496 g/mol. The molecule has 0 saturated heterocycles. The molecule has 2 rings (SSSR count). The van der Waals surface area contributed by atoms with E-state index in [1.54, 1.807) is 20.8 Å². The Bertz CT molecular complexity index is 968. The number of primary amides is 1. The first kappa shape index (κ1) is 32.1. The molecule has 4 amide bonds. The number of carbonyl (C=O) groups is 4. The summed E-state index contributed by atoms with van der Waals surface area (Å²) in [4.78, 5) is 54.2. The molecule has 0 aromatic heterocycles. The van der Waals surface area contributed by atoms with Gasteiger partial charge < -0.3 is 26.0 Å². The minimum absolute atomic E-state index is 0.0520. The summed E-state index contributed by atoms with van der Waals surface area (Å²) in [6.45, 7) is 9.44. The van der Waals surface area contributed by atoms with Crippen LogP contribution in [0.4, 0.5) is 4.79 Å². The van der Waals surface area contributed by atoms with Gasteiger partial charge in [0, 0.05) is 12.6 Å². The van der Waals surface area contributed by atoms with E-state index in [2.05, 4.69) is 17.6 Å². The fraction of sp³-hybridized carbons (Fsp3) is 0.667. The summed E-state index contributed by atoms with van der Waals surface area (Å²) in [6.07, 6.45) is 7.40. The zero-order chi connectivity index (χ0) is 29.0. The van der Waals surface area contributed by atoms with E-state index in [0.29, 0.717) is 18.5 Å². The second kappa shape index (κ2) is 15.5. The minimum Gasteiger partial charge on any atom is -0.444 e. The number of carbonyl (C=O) groups excluding carboxylic acids is 4. The zero-order valence-electron chi connectivity index (χ0n) is 24.4. The van der Waals surface area contributed by atoms with E-state index in [0.717, 1.165) is 56.9 Å². The maximum absolute atomic E-state index is 14.1. The van der Waals surface area contributed by atoms with Crippen LogP contribution in [-0.4, -0.2) is 52.9 Å². The number of ether oxygens (including phenoxy) is 1. The molecule has 1 aliphatic carbocycles. The van der Waals surface area contributed by atoms with Gasteiger partial charge in [0.1, 0.15) is 17.7 Å². The van der Waals surface area contributed by atoms with Gasteiger partial charge in [-0.15, -0.1) is 0 Å². The third-order valence-corrected chi connectivity index (χ3v) is 6.92. The molecule has 0 heterocycles. The van der Waals surface area contributed by atoms with Gasteiger partial charge in [-0.1, -0.05) is 69.7 Å². The van der Waals surface area contributed by atoms with Crippen LogP contribution >= 0.6 is 0 Å². The molecule has 39 heavy (non-hydrogen) atoms. The highest BCUT2D eigenvalue weighted by molar-refractivity contribution is 5.94. The van der Waals surface area contributed by atoms with Crippen molar-refractivity contribution in [1.29, 1.82) is 0 Å². The summed E-state index contributed by atoms with van der Waals surface area (Å²) < 4.78 is 5.35. The topological polar surface area (TPSA) is 131 Å². The zero-order valence-corrected chi connectivity index (χ0v) is 24.4. The normalized spacial score (nSPS) is 15.6. The third kappa shape index (κ3) is 10.9. The Kier molecular flexibility index (Phi) is 12.7. The minimum atomic E-state index is -1.27. The van der Waals surface area contributed by atoms with Crippen molar-refractivity contribution in [2.45, 2.75) is 123 Å². The van der Waals surface area contributed by atoms with Crippen molar-refractivity contribution in [3.8, 4) is 0 Å². The summed E-state index contributed by atoms with van der Waals surface area (Å²) in [6, 6.07) is 5.38. The maximum Gasteiger partial charge on any atom is 0.408 e. The number of benzene rings is 1. The molecule has 4 N–H and O–H groups in total. The Balaban J connectivity index is 2.48. The number of nitrogens with one attached hydrogen (secondary N) is 2. The molecule has 0 spiro atoms. The van der Waals surface area contributed by atoms with Crippen molar-refractivity contribution < 1.29 is 23.9 Å². The Labute approximate surface area is 233 Å². The summed E-state index contributed by atoms with van der Waals surface area (Å²) in [5.74, 6) is -1.53. The number of amides is 4. The number of unbranched alkanes of at least 4 members (excludes halogenated alkanes) is 3. The van der Waals surface area contributed by atoms with Gasteiger partial charge in [-0.25, -0.2) is 4.79 Å². The Hall–Kier alpha value is -3.10. The van der Waals surface area contributed by atoms with Crippen molar-refractivity contribution >= 4 is 23.8 Å². The molecule has 0 aliphatic heterocycles. The molecular formula is C30H48N4O5. The number of nitrogens with zero attached hydrogens (tertiary/aromatic N) is 1. The van der Waals surface area contributed by atoms with Crippen LogP contribution in [0.3, 0.4) is 0 Å². The fourth-order valence-corrected chi connectivity index (χ4v) is 5.00. The van der Waals surface area contributed by atoms with Gasteiger partial charge in [-0.2, -0.15) is 0 Å². The van der Waals surface area contributed by atoms with E-state index >= 15 is 0 Å². The van der Waals surface area contributed by atoms with Crippen molar-refractivity contribution in [3.05, 3.63) is 35.4 Å². The molecule has 1 saturated carbocycles. The lowest BCUT2D eigenvalue weighted by Gasteiger charge is -2.36. The van der Waals surface area contributed by atoms with Gasteiger partial charge >= 0.3 is 6.09 Å². The van der Waals surface area contributed by atoms with Gasteiger partial charge in [0.05, 0.1) is 6.42 Å². The van der Waals surface area contributed by atoms with Gasteiger partial charge in [0.2, 0.25) is 17.7 Å². The summed E-state index contributed by atoms with van der Waals surface area (Å²) >= 11 is 0. The number of nitrogens with two attached hydrogens (primary N) is 1. The second-order valence-electron chi connectivity index (χ2n) is 11.6. The van der Waals surface area contributed by atoms with E-state index in [9.17, 15) is 19.2 Å². The summed E-state index contributed by atoms with van der Waals surface area (Å²) in [7, 11) is 0. The van der Waals surface area contributed by atoms with Crippen molar-refractivity contribution in [3.63, 3.8) is 0 Å². The lowest BCUT2D eigenvalue weighted by Crippen LogP contribution is -2.55. The predicted molar refractivity (Wildman–Crippen MR) is 152 cm³/mol. The van der Waals surface area contributed by atoms with Crippen LogP contribution in [0.25, 0.3) is 0 Å². The number of aryl methyl sites for hydroxylation is 1. The third-order valence-electron chi connectivity index (χ3n) is 6.92. The highest BCUT2D eigenvalue weighted by Gasteiger charge is 2.38. The Morgan fingerprint density at radius 1 is 1.05 bits per heavy atom. The highest BCUT2D eigenvalue weighted by Crippen LogP contribution is 2.28. The standard InChI is InChI=1S/C30H48N4O5/c1-6-7-8-14-19-34(28(37)24(20-25(31)35)33-29(38)39-30(3,4)5)26(23-18-13-12-15-21(23)2)27(36)32-22-16-10-9-11-17-22/h12-13,15,18,22,24,26H,6-11,14,16-17,19-20H2,1-5H3,(H2,31,35)(H,32,36)(H,33,38). The van der Waals surface area contributed by atoms with Crippen LogP contribution in [0, 0.1) is 6.92 Å². The van der Waals surface area contributed by atoms with E-state index in [-0.39, 0.29) is 11.9 Å². The van der Waals surface area contributed by atoms with Crippen molar-refractivity contribution in [1.82, 2.24) is 15.5 Å². The van der Waals surface area contributed by atoms with Gasteiger partial charge in [0.15, 0.2) is 0 Å². The maximum atomic E-state index is 14.1. The number of rotatable bonds is 13. The average Bonchev–Trinajstić information content (AvgIpc) is 2.85. The number of hydrogen-bond acceptors (Lipinski definition) is 5. The molecule has 1 aromatic rings. The Morgan fingerprint density at radius 2 is 1.72 bits per heavy atom. The molecule has 1 aromatic carbocycles. The van der Waals surface area contributed by atoms with Crippen LogP contribution in [0.5, 0.6) is 0 Å². The monoisotopic (exact) mass is 544 g/mol. The summed E-state index contributed by atoms with van der Waals surface area (Å²) in [5.41, 5.74) is 6.28. The van der Waals surface area contributed by atoms with Crippen LogP contribution in [0.15, 0.2) is 24.3 Å². The van der Waals surface area contributed by atoms with Crippen LogP contribution in [-0.2, 0) is 19.1 Å². The fourth-order valence-electron chi connectivity index (χ4n) is 5.00. The summed E-state index contributed by atoms with van der Waals surface area (Å²) in [5, 5.41) is 5.74.